The van der Waals surface area contributed by atoms with Gasteiger partial charge in [-0.2, -0.15) is 0 Å². The van der Waals surface area contributed by atoms with Crippen LogP contribution in [0.5, 0.6) is 0 Å². The van der Waals surface area contributed by atoms with Crippen molar-refractivity contribution in [2.24, 2.45) is 0 Å². The fraction of sp³-hybridized carbons (Fsp3) is 0.211. The van der Waals surface area contributed by atoms with Gasteiger partial charge in [-0.3, -0.25) is 4.90 Å². The first-order chi connectivity index (χ1) is 11.8. The molecule has 0 spiro atoms. The standard InChI is InChI=1S/C19H17ClN4/c20-18-7-6-14(10-21-18)12-24-9-8-16-11-22-19(23-17(16)13-24)15-4-2-1-3-5-15/h1-7,10-11H,8-9,12-13H2. The third-order valence-corrected chi connectivity index (χ3v) is 4.48. The van der Waals surface area contributed by atoms with Crippen molar-refractivity contribution in [1.29, 1.82) is 0 Å². The lowest BCUT2D eigenvalue weighted by Gasteiger charge is -2.27. The van der Waals surface area contributed by atoms with Crippen molar-refractivity contribution in [3.8, 4) is 11.4 Å². The Balaban J connectivity index is 1.54. The summed E-state index contributed by atoms with van der Waals surface area (Å²) in [6.07, 6.45) is 4.80. The lowest BCUT2D eigenvalue weighted by Crippen LogP contribution is -2.31. The summed E-state index contributed by atoms with van der Waals surface area (Å²) in [5, 5.41) is 0.531. The molecule has 0 N–H and O–H groups in total. The molecule has 0 atom stereocenters. The van der Waals surface area contributed by atoms with Gasteiger partial charge >= 0.3 is 0 Å². The zero-order valence-electron chi connectivity index (χ0n) is 13.2. The predicted octanol–water partition coefficient (Wildman–Crippen LogP) is 3.75. The molecular weight excluding hydrogens is 320 g/mol. The minimum Gasteiger partial charge on any atom is -0.293 e. The Morgan fingerprint density at radius 1 is 1.00 bits per heavy atom. The van der Waals surface area contributed by atoms with E-state index in [2.05, 4.69) is 14.9 Å². The molecule has 0 saturated heterocycles. The van der Waals surface area contributed by atoms with Crippen LogP contribution < -0.4 is 0 Å². The average molecular weight is 337 g/mol. The molecule has 3 aromatic rings. The highest BCUT2D eigenvalue weighted by molar-refractivity contribution is 6.29. The van der Waals surface area contributed by atoms with E-state index in [0.29, 0.717) is 5.15 Å². The summed E-state index contributed by atoms with van der Waals surface area (Å²) in [6.45, 7) is 2.69. The second kappa shape index (κ2) is 6.67. The number of rotatable bonds is 3. The van der Waals surface area contributed by atoms with E-state index in [1.165, 1.54) is 11.1 Å². The van der Waals surface area contributed by atoms with Crippen LogP contribution in [0.3, 0.4) is 0 Å². The summed E-state index contributed by atoms with van der Waals surface area (Å²) in [7, 11) is 0. The van der Waals surface area contributed by atoms with Crippen LogP contribution in [0.25, 0.3) is 11.4 Å². The van der Waals surface area contributed by atoms with Crippen LogP contribution in [0.1, 0.15) is 16.8 Å². The van der Waals surface area contributed by atoms with E-state index in [9.17, 15) is 0 Å². The minimum atomic E-state index is 0.531. The first kappa shape index (κ1) is 15.2. The third-order valence-electron chi connectivity index (χ3n) is 4.25. The molecule has 0 saturated carbocycles. The Hall–Kier alpha value is -2.30. The summed E-state index contributed by atoms with van der Waals surface area (Å²) in [5.74, 6) is 0.796. The zero-order chi connectivity index (χ0) is 16.4. The fourth-order valence-corrected chi connectivity index (χ4v) is 3.09. The Bertz CT molecular complexity index is 834. The molecule has 0 radical (unpaired) electrons. The first-order valence-corrected chi connectivity index (χ1v) is 8.39. The summed E-state index contributed by atoms with van der Waals surface area (Å²) >= 11 is 5.86. The maximum absolute atomic E-state index is 5.86. The van der Waals surface area contributed by atoms with E-state index >= 15 is 0 Å². The summed E-state index contributed by atoms with van der Waals surface area (Å²) < 4.78 is 0. The molecule has 0 unspecified atom stereocenters. The highest BCUT2D eigenvalue weighted by Gasteiger charge is 2.19. The molecule has 2 aromatic heterocycles. The number of fused-ring (bicyclic) bond motifs is 1. The highest BCUT2D eigenvalue weighted by Crippen LogP contribution is 2.22. The minimum absolute atomic E-state index is 0.531. The fourth-order valence-electron chi connectivity index (χ4n) is 2.98. The molecule has 120 valence electrons. The van der Waals surface area contributed by atoms with E-state index in [0.717, 1.165) is 43.1 Å². The zero-order valence-corrected chi connectivity index (χ0v) is 13.9. The van der Waals surface area contributed by atoms with Gasteiger partial charge in [0.2, 0.25) is 0 Å². The molecule has 4 nitrogen and oxygen atoms in total. The van der Waals surface area contributed by atoms with Gasteiger partial charge in [-0.25, -0.2) is 15.0 Å². The molecule has 1 aromatic carbocycles. The van der Waals surface area contributed by atoms with Gasteiger partial charge < -0.3 is 0 Å². The summed E-state index contributed by atoms with van der Waals surface area (Å²) in [6, 6.07) is 14.0. The number of halogens is 1. The number of aromatic nitrogens is 3. The van der Waals surface area contributed by atoms with Gasteiger partial charge in [-0.1, -0.05) is 48.0 Å². The van der Waals surface area contributed by atoms with Gasteiger partial charge in [-0.05, 0) is 23.6 Å². The quantitative estimate of drug-likeness (QED) is 0.683. The van der Waals surface area contributed by atoms with Crippen LogP contribution in [-0.4, -0.2) is 26.4 Å². The van der Waals surface area contributed by atoms with Crippen LogP contribution in [-0.2, 0) is 19.5 Å². The van der Waals surface area contributed by atoms with Gasteiger partial charge in [0, 0.05) is 37.6 Å². The van der Waals surface area contributed by atoms with Crippen molar-refractivity contribution in [2.75, 3.05) is 6.54 Å². The second-order valence-electron chi connectivity index (χ2n) is 5.98. The van der Waals surface area contributed by atoms with Crippen molar-refractivity contribution in [3.63, 3.8) is 0 Å². The topological polar surface area (TPSA) is 41.9 Å². The molecular formula is C19H17ClN4. The van der Waals surface area contributed by atoms with Gasteiger partial charge in [0.15, 0.2) is 5.82 Å². The summed E-state index contributed by atoms with van der Waals surface area (Å²) in [5.41, 5.74) is 4.59. The maximum atomic E-state index is 5.86. The largest absolute Gasteiger partial charge is 0.293 e. The van der Waals surface area contributed by atoms with Gasteiger partial charge in [0.25, 0.3) is 0 Å². The molecule has 1 aliphatic heterocycles. The Labute approximate surface area is 146 Å². The molecule has 5 heteroatoms. The molecule has 1 aliphatic rings. The number of pyridine rings is 1. The number of hydrogen-bond acceptors (Lipinski definition) is 4. The highest BCUT2D eigenvalue weighted by atomic mass is 35.5. The van der Waals surface area contributed by atoms with Gasteiger partial charge in [0.05, 0.1) is 5.69 Å². The predicted molar refractivity (Wildman–Crippen MR) is 94.5 cm³/mol. The average Bonchev–Trinajstić information content (AvgIpc) is 2.64. The van der Waals surface area contributed by atoms with Crippen LogP contribution in [0, 0.1) is 0 Å². The van der Waals surface area contributed by atoms with E-state index in [1.54, 1.807) is 0 Å². The normalized spacial score (nSPS) is 14.4. The van der Waals surface area contributed by atoms with Crippen LogP contribution in [0.4, 0.5) is 0 Å². The number of hydrogen-bond donors (Lipinski definition) is 0. The second-order valence-corrected chi connectivity index (χ2v) is 6.37. The molecule has 4 rings (SSSR count). The molecule has 3 heterocycles. The van der Waals surface area contributed by atoms with Crippen molar-refractivity contribution in [1.82, 2.24) is 19.9 Å². The van der Waals surface area contributed by atoms with Crippen molar-refractivity contribution < 1.29 is 0 Å². The third kappa shape index (κ3) is 3.30. The van der Waals surface area contributed by atoms with E-state index in [-0.39, 0.29) is 0 Å². The molecule has 0 amide bonds. The first-order valence-electron chi connectivity index (χ1n) is 8.01. The summed E-state index contributed by atoms with van der Waals surface area (Å²) in [4.78, 5) is 15.9. The van der Waals surface area contributed by atoms with E-state index in [4.69, 9.17) is 16.6 Å². The Kier molecular flexibility index (Phi) is 4.24. The Morgan fingerprint density at radius 2 is 1.88 bits per heavy atom. The van der Waals surface area contributed by atoms with Crippen LogP contribution in [0.2, 0.25) is 5.15 Å². The monoisotopic (exact) mass is 336 g/mol. The molecule has 0 bridgehead atoms. The smallest absolute Gasteiger partial charge is 0.159 e. The van der Waals surface area contributed by atoms with Crippen molar-refractivity contribution in [3.05, 3.63) is 76.8 Å². The van der Waals surface area contributed by atoms with E-state index < -0.39 is 0 Å². The number of benzene rings is 1. The SMILES string of the molecule is Clc1ccc(CN2CCc3cnc(-c4ccccc4)nc3C2)cn1. The van der Waals surface area contributed by atoms with Gasteiger partial charge in [0.1, 0.15) is 5.15 Å². The molecule has 0 fully saturated rings. The number of nitrogens with zero attached hydrogens (tertiary/aromatic N) is 4. The van der Waals surface area contributed by atoms with Crippen molar-refractivity contribution in [2.45, 2.75) is 19.5 Å². The Morgan fingerprint density at radius 3 is 2.67 bits per heavy atom. The van der Waals surface area contributed by atoms with Crippen molar-refractivity contribution >= 4 is 11.6 Å². The van der Waals surface area contributed by atoms with Gasteiger partial charge in [-0.15, -0.1) is 0 Å². The molecule has 0 aliphatic carbocycles. The van der Waals surface area contributed by atoms with Crippen LogP contribution in [0.15, 0.2) is 54.9 Å². The van der Waals surface area contributed by atoms with Crippen LogP contribution >= 0.6 is 11.6 Å². The lowest BCUT2D eigenvalue weighted by atomic mass is 10.1. The maximum Gasteiger partial charge on any atom is 0.159 e. The van der Waals surface area contributed by atoms with E-state index in [1.807, 2.05) is 54.9 Å². The molecule has 24 heavy (non-hydrogen) atoms. The lowest BCUT2D eigenvalue weighted by molar-refractivity contribution is 0.241.